The summed E-state index contributed by atoms with van der Waals surface area (Å²) in [6, 6.07) is 0. The van der Waals surface area contributed by atoms with Gasteiger partial charge in [-0.1, -0.05) is 32.1 Å². The lowest BCUT2D eigenvalue weighted by Crippen LogP contribution is -2.12. The SMILES string of the molecule is COc1sc(Br)nc1C(C)(C)C. The molecule has 0 aromatic carbocycles. The number of aromatic nitrogens is 1. The van der Waals surface area contributed by atoms with Gasteiger partial charge in [0.05, 0.1) is 7.11 Å². The average molecular weight is 250 g/mol. The summed E-state index contributed by atoms with van der Waals surface area (Å²) in [7, 11) is 1.68. The predicted molar refractivity (Wildman–Crippen MR) is 55.1 cm³/mol. The molecule has 1 aromatic heterocycles. The highest BCUT2D eigenvalue weighted by Gasteiger charge is 2.23. The van der Waals surface area contributed by atoms with Gasteiger partial charge in [0.25, 0.3) is 0 Å². The van der Waals surface area contributed by atoms with Crippen LogP contribution in [0.4, 0.5) is 0 Å². The lowest BCUT2D eigenvalue weighted by Gasteiger charge is -2.16. The van der Waals surface area contributed by atoms with Gasteiger partial charge in [0, 0.05) is 5.41 Å². The third-order valence-corrected chi connectivity index (χ3v) is 2.93. The van der Waals surface area contributed by atoms with Crippen LogP contribution in [0.3, 0.4) is 0 Å². The van der Waals surface area contributed by atoms with Crippen LogP contribution < -0.4 is 4.74 Å². The van der Waals surface area contributed by atoms with Gasteiger partial charge in [-0.25, -0.2) is 4.98 Å². The molecule has 68 valence electrons. The molecule has 0 saturated heterocycles. The molecule has 12 heavy (non-hydrogen) atoms. The number of hydrogen-bond acceptors (Lipinski definition) is 3. The lowest BCUT2D eigenvalue weighted by atomic mass is 9.93. The van der Waals surface area contributed by atoms with E-state index in [-0.39, 0.29) is 5.41 Å². The first-order valence-corrected chi connectivity index (χ1v) is 5.27. The molecule has 4 heteroatoms. The first kappa shape index (κ1) is 9.99. The van der Waals surface area contributed by atoms with Crippen molar-refractivity contribution in [1.29, 1.82) is 0 Å². The van der Waals surface area contributed by atoms with Crippen molar-refractivity contribution < 1.29 is 4.74 Å². The van der Waals surface area contributed by atoms with Crippen molar-refractivity contribution in [3.8, 4) is 5.06 Å². The Morgan fingerprint density at radius 2 is 2.00 bits per heavy atom. The summed E-state index contributed by atoms with van der Waals surface area (Å²) < 4.78 is 6.10. The topological polar surface area (TPSA) is 22.1 Å². The molecule has 0 radical (unpaired) electrons. The van der Waals surface area contributed by atoms with Gasteiger partial charge in [0.2, 0.25) is 0 Å². The predicted octanol–water partition coefficient (Wildman–Crippen LogP) is 3.21. The van der Waals surface area contributed by atoms with Crippen molar-refractivity contribution in [3.05, 3.63) is 9.61 Å². The molecule has 1 aromatic rings. The summed E-state index contributed by atoms with van der Waals surface area (Å²) >= 11 is 4.87. The monoisotopic (exact) mass is 249 g/mol. The average Bonchev–Trinajstić information content (AvgIpc) is 2.29. The maximum absolute atomic E-state index is 5.22. The van der Waals surface area contributed by atoms with Crippen molar-refractivity contribution in [2.45, 2.75) is 26.2 Å². The summed E-state index contributed by atoms with van der Waals surface area (Å²) in [5, 5.41) is 0.898. The second-order valence-electron chi connectivity index (χ2n) is 3.56. The van der Waals surface area contributed by atoms with Gasteiger partial charge < -0.3 is 4.74 Å². The van der Waals surface area contributed by atoms with Gasteiger partial charge in [-0.05, 0) is 15.9 Å². The van der Waals surface area contributed by atoms with E-state index < -0.39 is 0 Å². The van der Waals surface area contributed by atoms with E-state index in [1.807, 2.05) is 0 Å². The molecule has 2 nitrogen and oxygen atoms in total. The number of nitrogens with zero attached hydrogens (tertiary/aromatic N) is 1. The second-order valence-corrected chi connectivity index (χ2v) is 5.79. The standard InChI is InChI=1S/C8H12BrNOS/c1-8(2,3)5-6(11-4)12-7(9)10-5/h1-4H3. The fraction of sp³-hybridized carbons (Fsp3) is 0.625. The fourth-order valence-electron chi connectivity index (χ4n) is 0.893. The van der Waals surface area contributed by atoms with E-state index in [4.69, 9.17) is 4.74 Å². The molecule has 0 aliphatic heterocycles. The van der Waals surface area contributed by atoms with Crippen LogP contribution in [0.2, 0.25) is 0 Å². The smallest absolute Gasteiger partial charge is 0.198 e. The van der Waals surface area contributed by atoms with Gasteiger partial charge in [0.15, 0.2) is 8.98 Å². The van der Waals surface area contributed by atoms with E-state index >= 15 is 0 Å². The van der Waals surface area contributed by atoms with Crippen molar-refractivity contribution in [2.75, 3.05) is 7.11 Å². The first-order chi connectivity index (χ1) is 5.45. The molecule has 0 aliphatic rings. The molecule has 0 fully saturated rings. The second kappa shape index (κ2) is 3.34. The number of ether oxygens (including phenoxy) is 1. The number of methoxy groups -OCH3 is 1. The molecule has 0 bridgehead atoms. The van der Waals surface area contributed by atoms with Gasteiger partial charge in [-0.2, -0.15) is 0 Å². The molecule has 1 rings (SSSR count). The minimum atomic E-state index is 0.0495. The first-order valence-electron chi connectivity index (χ1n) is 3.66. The summed E-state index contributed by atoms with van der Waals surface area (Å²) in [6.45, 7) is 6.37. The van der Waals surface area contributed by atoms with Crippen LogP contribution in [-0.2, 0) is 5.41 Å². The van der Waals surface area contributed by atoms with Crippen LogP contribution in [0.5, 0.6) is 5.06 Å². The summed E-state index contributed by atoms with van der Waals surface area (Å²) in [5.74, 6) is 0. The molecule has 1 heterocycles. The van der Waals surface area contributed by atoms with E-state index in [1.54, 1.807) is 7.11 Å². The lowest BCUT2D eigenvalue weighted by molar-refractivity contribution is 0.406. The van der Waals surface area contributed by atoms with E-state index in [0.29, 0.717) is 0 Å². The van der Waals surface area contributed by atoms with Crippen LogP contribution in [0.1, 0.15) is 26.5 Å². The van der Waals surface area contributed by atoms with Gasteiger partial charge >= 0.3 is 0 Å². The largest absolute Gasteiger partial charge is 0.486 e. The molecule has 0 spiro atoms. The number of hydrogen-bond donors (Lipinski definition) is 0. The Bertz CT molecular complexity index is 277. The highest BCUT2D eigenvalue weighted by molar-refractivity contribution is 9.11. The Morgan fingerprint density at radius 1 is 1.42 bits per heavy atom. The molecule has 0 amide bonds. The van der Waals surface area contributed by atoms with Crippen molar-refractivity contribution in [2.24, 2.45) is 0 Å². The number of halogens is 1. The van der Waals surface area contributed by atoms with E-state index in [2.05, 4.69) is 41.7 Å². The Hall–Kier alpha value is -0.0900. The molecule has 0 saturated carbocycles. The van der Waals surface area contributed by atoms with Gasteiger partial charge in [-0.15, -0.1) is 0 Å². The Balaban J connectivity index is 3.13. The highest BCUT2D eigenvalue weighted by atomic mass is 79.9. The van der Waals surface area contributed by atoms with Crippen LogP contribution in [0.15, 0.2) is 3.92 Å². The maximum atomic E-state index is 5.22. The zero-order chi connectivity index (χ0) is 9.35. The van der Waals surface area contributed by atoms with Crippen molar-refractivity contribution in [1.82, 2.24) is 4.98 Å². The third-order valence-electron chi connectivity index (χ3n) is 1.47. The van der Waals surface area contributed by atoms with Crippen LogP contribution in [0.25, 0.3) is 0 Å². The molecular weight excluding hydrogens is 238 g/mol. The van der Waals surface area contributed by atoms with Gasteiger partial charge in [0.1, 0.15) is 5.69 Å². The molecule has 0 N–H and O–H groups in total. The highest BCUT2D eigenvalue weighted by Crippen LogP contribution is 2.37. The number of thiazole rings is 1. The Kier molecular flexibility index (Phi) is 2.78. The van der Waals surface area contributed by atoms with Crippen LogP contribution in [-0.4, -0.2) is 12.1 Å². The maximum Gasteiger partial charge on any atom is 0.198 e. The van der Waals surface area contributed by atoms with E-state index in [1.165, 1.54) is 11.3 Å². The summed E-state index contributed by atoms with van der Waals surface area (Å²) in [6.07, 6.45) is 0. The molecule has 0 aliphatic carbocycles. The Labute approximate surface area is 85.1 Å². The zero-order valence-electron chi connectivity index (χ0n) is 7.64. The van der Waals surface area contributed by atoms with E-state index in [0.717, 1.165) is 14.7 Å². The summed E-state index contributed by atoms with van der Waals surface area (Å²) in [5.41, 5.74) is 1.07. The fourth-order valence-corrected chi connectivity index (χ4v) is 2.33. The molecule has 0 unspecified atom stereocenters. The molecule has 0 atom stereocenters. The Morgan fingerprint density at radius 3 is 2.33 bits per heavy atom. The third kappa shape index (κ3) is 1.98. The quantitative estimate of drug-likeness (QED) is 0.763. The summed E-state index contributed by atoms with van der Waals surface area (Å²) in [4.78, 5) is 4.36. The van der Waals surface area contributed by atoms with Crippen LogP contribution >= 0.6 is 27.3 Å². The molecular formula is C8H12BrNOS. The van der Waals surface area contributed by atoms with E-state index in [9.17, 15) is 0 Å². The van der Waals surface area contributed by atoms with Gasteiger partial charge in [-0.3, -0.25) is 0 Å². The number of rotatable bonds is 1. The van der Waals surface area contributed by atoms with Crippen molar-refractivity contribution in [3.63, 3.8) is 0 Å². The minimum absolute atomic E-state index is 0.0495. The zero-order valence-corrected chi connectivity index (χ0v) is 10.0. The minimum Gasteiger partial charge on any atom is -0.486 e. The van der Waals surface area contributed by atoms with Crippen LogP contribution in [0, 0.1) is 0 Å². The van der Waals surface area contributed by atoms with Crippen molar-refractivity contribution >= 4 is 27.3 Å². The normalized spacial score (nSPS) is 11.8.